The molecular weight excluding hydrogens is 216 g/mol. The van der Waals surface area contributed by atoms with E-state index in [1.807, 2.05) is 32.0 Å². The van der Waals surface area contributed by atoms with Crippen LogP contribution in [0.3, 0.4) is 0 Å². The monoisotopic (exact) mass is 234 g/mol. The zero-order valence-corrected chi connectivity index (χ0v) is 10.4. The SMILES string of the molecule is CCOC(=O)C1(CC)OCCc2ccccc21. The molecule has 2 rings (SSSR count). The summed E-state index contributed by atoms with van der Waals surface area (Å²) in [5.41, 5.74) is 1.26. The van der Waals surface area contributed by atoms with Crippen molar-refractivity contribution in [3.63, 3.8) is 0 Å². The van der Waals surface area contributed by atoms with Gasteiger partial charge in [0.2, 0.25) is 0 Å². The van der Waals surface area contributed by atoms with Crippen LogP contribution in [0.1, 0.15) is 31.4 Å². The third-order valence-electron chi connectivity index (χ3n) is 3.28. The molecule has 0 N–H and O–H groups in total. The van der Waals surface area contributed by atoms with E-state index in [2.05, 4.69) is 6.07 Å². The smallest absolute Gasteiger partial charge is 0.343 e. The number of hydrogen-bond donors (Lipinski definition) is 0. The van der Waals surface area contributed by atoms with E-state index in [0.717, 1.165) is 12.0 Å². The standard InChI is InChI=1S/C14H18O3/c1-3-14(13(15)16-4-2)12-8-6-5-7-11(12)9-10-17-14/h5-8H,3-4,9-10H2,1-2H3. The third-order valence-corrected chi connectivity index (χ3v) is 3.28. The summed E-state index contributed by atoms with van der Waals surface area (Å²) in [6, 6.07) is 7.96. The van der Waals surface area contributed by atoms with Gasteiger partial charge < -0.3 is 9.47 Å². The van der Waals surface area contributed by atoms with Crippen LogP contribution in [0.2, 0.25) is 0 Å². The average molecular weight is 234 g/mol. The zero-order chi connectivity index (χ0) is 12.3. The summed E-state index contributed by atoms with van der Waals surface area (Å²) < 4.78 is 10.9. The van der Waals surface area contributed by atoms with E-state index < -0.39 is 5.60 Å². The van der Waals surface area contributed by atoms with Gasteiger partial charge in [-0.2, -0.15) is 0 Å². The van der Waals surface area contributed by atoms with Crippen LogP contribution in [-0.2, 0) is 26.3 Å². The summed E-state index contributed by atoms with van der Waals surface area (Å²) in [6.07, 6.45) is 1.46. The zero-order valence-electron chi connectivity index (χ0n) is 10.4. The van der Waals surface area contributed by atoms with Crippen molar-refractivity contribution in [1.29, 1.82) is 0 Å². The lowest BCUT2D eigenvalue weighted by Crippen LogP contribution is -2.43. The van der Waals surface area contributed by atoms with E-state index in [-0.39, 0.29) is 5.97 Å². The van der Waals surface area contributed by atoms with Crippen LogP contribution < -0.4 is 0 Å². The first-order valence-electron chi connectivity index (χ1n) is 6.14. The highest BCUT2D eigenvalue weighted by Crippen LogP contribution is 2.37. The molecule has 0 fully saturated rings. The number of esters is 1. The first-order chi connectivity index (χ1) is 8.24. The lowest BCUT2D eigenvalue weighted by Gasteiger charge is -2.36. The molecule has 3 nitrogen and oxygen atoms in total. The van der Waals surface area contributed by atoms with Crippen molar-refractivity contribution in [3.05, 3.63) is 35.4 Å². The highest BCUT2D eigenvalue weighted by Gasteiger charge is 2.44. The summed E-state index contributed by atoms with van der Waals surface area (Å²) >= 11 is 0. The topological polar surface area (TPSA) is 35.5 Å². The van der Waals surface area contributed by atoms with Gasteiger partial charge in [-0.05, 0) is 30.9 Å². The molecule has 0 aliphatic carbocycles. The van der Waals surface area contributed by atoms with E-state index in [9.17, 15) is 4.79 Å². The highest BCUT2D eigenvalue weighted by molar-refractivity contribution is 5.82. The Morgan fingerprint density at radius 2 is 2.18 bits per heavy atom. The molecule has 3 heteroatoms. The minimum atomic E-state index is -0.898. The molecule has 0 radical (unpaired) electrons. The minimum Gasteiger partial charge on any atom is -0.464 e. The van der Waals surface area contributed by atoms with E-state index in [1.165, 1.54) is 5.56 Å². The fourth-order valence-electron chi connectivity index (χ4n) is 2.40. The van der Waals surface area contributed by atoms with Crippen molar-refractivity contribution < 1.29 is 14.3 Å². The van der Waals surface area contributed by atoms with Gasteiger partial charge >= 0.3 is 5.97 Å². The normalized spacial score (nSPS) is 22.9. The van der Waals surface area contributed by atoms with E-state index in [0.29, 0.717) is 19.6 Å². The Labute approximate surface area is 102 Å². The van der Waals surface area contributed by atoms with E-state index in [4.69, 9.17) is 9.47 Å². The first-order valence-corrected chi connectivity index (χ1v) is 6.14. The average Bonchev–Trinajstić information content (AvgIpc) is 2.38. The van der Waals surface area contributed by atoms with Gasteiger partial charge in [0.1, 0.15) is 0 Å². The number of hydrogen-bond acceptors (Lipinski definition) is 3. The van der Waals surface area contributed by atoms with E-state index in [1.54, 1.807) is 0 Å². The summed E-state index contributed by atoms with van der Waals surface area (Å²) in [5, 5.41) is 0. The number of rotatable bonds is 3. The van der Waals surface area contributed by atoms with Gasteiger partial charge in [-0.25, -0.2) is 4.79 Å². The summed E-state index contributed by atoms with van der Waals surface area (Å²) in [5.74, 6) is -0.269. The maximum Gasteiger partial charge on any atom is 0.343 e. The number of benzene rings is 1. The molecule has 0 bridgehead atoms. The van der Waals surface area contributed by atoms with Crippen molar-refractivity contribution in [2.75, 3.05) is 13.2 Å². The summed E-state index contributed by atoms with van der Waals surface area (Å²) in [6.45, 7) is 4.73. The Morgan fingerprint density at radius 3 is 2.88 bits per heavy atom. The summed E-state index contributed by atoms with van der Waals surface area (Å²) in [7, 11) is 0. The molecule has 0 spiro atoms. The molecule has 0 saturated heterocycles. The molecule has 1 heterocycles. The molecule has 17 heavy (non-hydrogen) atoms. The van der Waals surface area contributed by atoms with Crippen LogP contribution >= 0.6 is 0 Å². The number of carbonyl (C=O) groups excluding carboxylic acids is 1. The molecule has 92 valence electrons. The molecule has 1 atom stereocenters. The first kappa shape index (κ1) is 12.1. The number of fused-ring (bicyclic) bond motifs is 1. The van der Waals surface area contributed by atoms with Gasteiger partial charge in [0, 0.05) is 0 Å². The molecule has 1 aromatic rings. The largest absolute Gasteiger partial charge is 0.464 e. The van der Waals surface area contributed by atoms with Crippen LogP contribution in [-0.4, -0.2) is 19.2 Å². The fourth-order valence-corrected chi connectivity index (χ4v) is 2.40. The minimum absolute atomic E-state index is 0.269. The lowest BCUT2D eigenvalue weighted by molar-refractivity contribution is -0.176. The van der Waals surface area contributed by atoms with Crippen LogP contribution in [0, 0.1) is 0 Å². The van der Waals surface area contributed by atoms with Crippen LogP contribution in [0.15, 0.2) is 24.3 Å². The second kappa shape index (κ2) is 4.88. The van der Waals surface area contributed by atoms with Crippen molar-refractivity contribution in [1.82, 2.24) is 0 Å². The number of ether oxygens (including phenoxy) is 2. The maximum absolute atomic E-state index is 12.2. The molecule has 0 saturated carbocycles. The quantitative estimate of drug-likeness (QED) is 0.753. The highest BCUT2D eigenvalue weighted by atomic mass is 16.6. The Balaban J connectivity index is 2.45. The number of carbonyl (C=O) groups is 1. The van der Waals surface area contributed by atoms with Crippen LogP contribution in [0.25, 0.3) is 0 Å². The lowest BCUT2D eigenvalue weighted by atomic mass is 9.84. The Bertz CT molecular complexity index is 414. The Kier molecular flexibility index (Phi) is 3.48. The van der Waals surface area contributed by atoms with Crippen molar-refractivity contribution in [2.24, 2.45) is 0 Å². The van der Waals surface area contributed by atoms with Gasteiger partial charge in [0.05, 0.1) is 13.2 Å². The molecule has 0 aromatic heterocycles. The third kappa shape index (κ3) is 1.95. The predicted molar refractivity (Wildman–Crippen MR) is 64.7 cm³/mol. The van der Waals surface area contributed by atoms with Crippen molar-refractivity contribution >= 4 is 5.97 Å². The molecule has 1 aliphatic rings. The Morgan fingerprint density at radius 1 is 1.41 bits per heavy atom. The maximum atomic E-state index is 12.2. The molecule has 1 aromatic carbocycles. The summed E-state index contributed by atoms with van der Waals surface area (Å²) in [4.78, 5) is 12.2. The predicted octanol–water partition coefficient (Wildman–Crippen LogP) is 2.43. The fraction of sp³-hybridized carbons (Fsp3) is 0.500. The van der Waals surface area contributed by atoms with Crippen LogP contribution in [0.5, 0.6) is 0 Å². The van der Waals surface area contributed by atoms with Gasteiger partial charge in [0.25, 0.3) is 0 Å². The van der Waals surface area contributed by atoms with Crippen LogP contribution in [0.4, 0.5) is 0 Å². The molecule has 1 aliphatic heterocycles. The van der Waals surface area contributed by atoms with Crippen molar-refractivity contribution in [3.8, 4) is 0 Å². The van der Waals surface area contributed by atoms with Gasteiger partial charge in [-0.15, -0.1) is 0 Å². The Hall–Kier alpha value is -1.35. The van der Waals surface area contributed by atoms with Gasteiger partial charge in [-0.1, -0.05) is 31.2 Å². The molecular formula is C14H18O3. The van der Waals surface area contributed by atoms with Gasteiger partial charge in [0.15, 0.2) is 5.60 Å². The van der Waals surface area contributed by atoms with Crippen molar-refractivity contribution in [2.45, 2.75) is 32.3 Å². The second-order valence-corrected chi connectivity index (χ2v) is 4.16. The van der Waals surface area contributed by atoms with Gasteiger partial charge in [-0.3, -0.25) is 0 Å². The molecule has 1 unspecified atom stereocenters. The van der Waals surface area contributed by atoms with E-state index >= 15 is 0 Å². The second-order valence-electron chi connectivity index (χ2n) is 4.16. The molecule has 0 amide bonds.